The van der Waals surface area contributed by atoms with Crippen molar-refractivity contribution in [2.75, 3.05) is 13.2 Å². The maximum absolute atomic E-state index is 10.6. The summed E-state index contributed by atoms with van der Waals surface area (Å²) in [6.45, 7) is 3.10. The number of halogens is 1. The average Bonchev–Trinajstić information content (AvgIpc) is 2.46. The third-order valence-electron chi connectivity index (χ3n) is 3.41. The SMILES string of the molecule is Cc1cc(Br)ccc1C(O)c1ccc2c(c1)OCCO2. The van der Waals surface area contributed by atoms with Crippen LogP contribution in [0.15, 0.2) is 40.9 Å². The fourth-order valence-electron chi connectivity index (χ4n) is 2.36. The largest absolute Gasteiger partial charge is 0.486 e. The summed E-state index contributed by atoms with van der Waals surface area (Å²) < 4.78 is 12.1. The van der Waals surface area contributed by atoms with Gasteiger partial charge >= 0.3 is 0 Å². The Labute approximate surface area is 126 Å². The fraction of sp³-hybridized carbons (Fsp3) is 0.250. The molecule has 1 atom stereocenters. The molecule has 1 unspecified atom stereocenters. The lowest BCUT2D eigenvalue weighted by atomic mass is 9.97. The summed E-state index contributed by atoms with van der Waals surface area (Å²) in [6, 6.07) is 11.4. The summed E-state index contributed by atoms with van der Waals surface area (Å²) >= 11 is 3.43. The summed E-state index contributed by atoms with van der Waals surface area (Å²) in [5.41, 5.74) is 2.74. The first-order chi connectivity index (χ1) is 9.65. The van der Waals surface area contributed by atoms with Gasteiger partial charge in [0, 0.05) is 4.47 Å². The second-order valence-corrected chi connectivity index (χ2v) is 5.72. The molecular formula is C16H15BrO3. The highest BCUT2D eigenvalue weighted by molar-refractivity contribution is 9.10. The molecule has 104 valence electrons. The molecule has 2 aromatic rings. The van der Waals surface area contributed by atoms with Gasteiger partial charge in [0.1, 0.15) is 19.3 Å². The molecule has 1 aliphatic heterocycles. The van der Waals surface area contributed by atoms with Gasteiger partial charge in [-0.05, 0) is 47.9 Å². The molecule has 1 aliphatic rings. The van der Waals surface area contributed by atoms with Gasteiger partial charge in [0.2, 0.25) is 0 Å². The van der Waals surface area contributed by atoms with Gasteiger partial charge in [-0.3, -0.25) is 0 Å². The average molecular weight is 335 g/mol. The molecule has 0 amide bonds. The Bertz CT molecular complexity index is 640. The summed E-state index contributed by atoms with van der Waals surface area (Å²) in [5.74, 6) is 1.43. The van der Waals surface area contributed by atoms with Crippen molar-refractivity contribution in [3.05, 3.63) is 57.6 Å². The van der Waals surface area contributed by atoms with Crippen molar-refractivity contribution in [1.29, 1.82) is 0 Å². The zero-order valence-corrected chi connectivity index (χ0v) is 12.7. The van der Waals surface area contributed by atoms with Gasteiger partial charge in [-0.25, -0.2) is 0 Å². The predicted molar refractivity (Wildman–Crippen MR) is 80.4 cm³/mol. The summed E-state index contributed by atoms with van der Waals surface area (Å²) in [4.78, 5) is 0. The molecule has 0 saturated heterocycles. The maximum Gasteiger partial charge on any atom is 0.161 e. The van der Waals surface area contributed by atoms with Crippen molar-refractivity contribution < 1.29 is 14.6 Å². The van der Waals surface area contributed by atoms with Crippen LogP contribution >= 0.6 is 15.9 Å². The molecule has 1 N–H and O–H groups in total. The standard InChI is InChI=1S/C16H15BrO3/c1-10-8-12(17)3-4-13(10)16(18)11-2-5-14-15(9-11)20-7-6-19-14/h2-5,8-9,16,18H,6-7H2,1H3. The van der Waals surface area contributed by atoms with Crippen molar-refractivity contribution >= 4 is 15.9 Å². The van der Waals surface area contributed by atoms with E-state index in [0.717, 1.165) is 26.9 Å². The monoisotopic (exact) mass is 334 g/mol. The highest BCUT2D eigenvalue weighted by Crippen LogP contribution is 2.35. The molecule has 0 radical (unpaired) electrons. The van der Waals surface area contributed by atoms with E-state index in [9.17, 15) is 5.11 Å². The van der Waals surface area contributed by atoms with Crippen LogP contribution in [0, 0.1) is 6.92 Å². The van der Waals surface area contributed by atoms with Crippen molar-refractivity contribution in [2.45, 2.75) is 13.0 Å². The van der Waals surface area contributed by atoms with E-state index in [-0.39, 0.29) is 0 Å². The second-order valence-electron chi connectivity index (χ2n) is 4.81. The zero-order valence-electron chi connectivity index (χ0n) is 11.1. The molecule has 20 heavy (non-hydrogen) atoms. The van der Waals surface area contributed by atoms with E-state index in [1.807, 2.05) is 43.3 Å². The van der Waals surface area contributed by atoms with Gasteiger partial charge in [0.15, 0.2) is 11.5 Å². The van der Waals surface area contributed by atoms with Crippen molar-refractivity contribution in [3.8, 4) is 11.5 Å². The summed E-state index contributed by atoms with van der Waals surface area (Å²) in [7, 11) is 0. The highest BCUT2D eigenvalue weighted by atomic mass is 79.9. The Morgan fingerprint density at radius 1 is 1.05 bits per heavy atom. The molecule has 0 aliphatic carbocycles. The van der Waals surface area contributed by atoms with Gasteiger partial charge in [-0.1, -0.05) is 28.1 Å². The zero-order chi connectivity index (χ0) is 14.1. The maximum atomic E-state index is 10.6. The van der Waals surface area contributed by atoms with Crippen LogP contribution in [-0.2, 0) is 0 Å². The van der Waals surface area contributed by atoms with Crippen molar-refractivity contribution in [1.82, 2.24) is 0 Å². The molecule has 3 rings (SSSR count). The van der Waals surface area contributed by atoms with Crippen LogP contribution in [0.5, 0.6) is 11.5 Å². The Morgan fingerprint density at radius 3 is 2.55 bits per heavy atom. The Kier molecular flexibility index (Phi) is 3.68. The van der Waals surface area contributed by atoms with Crippen LogP contribution in [0.4, 0.5) is 0 Å². The number of rotatable bonds is 2. The Balaban J connectivity index is 1.95. The van der Waals surface area contributed by atoms with Crippen LogP contribution in [0.3, 0.4) is 0 Å². The Hall–Kier alpha value is -1.52. The molecule has 0 bridgehead atoms. The number of benzene rings is 2. The minimum Gasteiger partial charge on any atom is -0.486 e. The molecule has 0 spiro atoms. The third-order valence-corrected chi connectivity index (χ3v) is 3.90. The minimum atomic E-state index is -0.668. The molecule has 4 heteroatoms. The van der Waals surface area contributed by atoms with Crippen LogP contribution in [0.25, 0.3) is 0 Å². The first kappa shape index (κ1) is 13.5. The van der Waals surface area contributed by atoms with E-state index in [1.54, 1.807) is 0 Å². The lowest BCUT2D eigenvalue weighted by molar-refractivity contribution is 0.169. The quantitative estimate of drug-likeness (QED) is 0.911. The first-order valence-corrected chi connectivity index (χ1v) is 7.28. The smallest absolute Gasteiger partial charge is 0.161 e. The van der Waals surface area contributed by atoms with Crippen LogP contribution in [0.2, 0.25) is 0 Å². The highest BCUT2D eigenvalue weighted by Gasteiger charge is 2.17. The van der Waals surface area contributed by atoms with E-state index in [1.165, 1.54) is 0 Å². The van der Waals surface area contributed by atoms with E-state index in [4.69, 9.17) is 9.47 Å². The molecule has 3 nitrogen and oxygen atoms in total. The van der Waals surface area contributed by atoms with Gasteiger partial charge in [0.25, 0.3) is 0 Å². The van der Waals surface area contributed by atoms with Crippen LogP contribution in [0.1, 0.15) is 22.8 Å². The van der Waals surface area contributed by atoms with Crippen LogP contribution < -0.4 is 9.47 Å². The molecule has 0 fully saturated rings. The van der Waals surface area contributed by atoms with Crippen molar-refractivity contribution in [2.24, 2.45) is 0 Å². The lowest BCUT2D eigenvalue weighted by Gasteiger charge is -2.21. The number of aryl methyl sites for hydroxylation is 1. The normalized spacial score (nSPS) is 14.9. The molecule has 1 heterocycles. The summed E-state index contributed by atoms with van der Waals surface area (Å²) in [5, 5.41) is 10.6. The van der Waals surface area contributed by atoms with Gasteiger partial charge in [-0.15, -0.1) is 0 Å². The van der Waals surface area contributed by atoms with Gasteiger partial charge in [-0.2, -0.15) is 0 Å². The predicted octanol–water partition coefficient (Wildman–Crippen LogP) is 3.61. The van der Waals surface area contributed by atoms with Gasteiger partial charge < -0.3 is 14.6 Å². The van der Waals surface area contributed by atoms with E-state index in [2.05, 4.69) is 15.9 Å². The molecule has 2 aromatic carbocycles. The number of hydrogen-bond acceptors (Lipinski definition) is 3. The molecular weight excluding hydrogens is 320 g/mol. The first-order valence-electron chi connectivity index (χ1n) is 6.49. The number of aliphatic hydroxyl groups is 1. The number of hydrogen-bond donors (Lipinski definition) is 1. The van der Waals surface area contributed by atoms with E-state index >= 15 is 0 Å². The lowest BCUT2D eigenvalue weighted by Crippen LogP contribution is -2.15. The van der Waals surface area contributed by atoms with Gasteiger partial charge in [0.05, 0.1) is 0 Å². The topological polar surface area (TPSA) is 38.7 Å². The number of aliphatic hydroxyl groups excluding tert-OH is 1. The Morgan fingerprint density at radius 2 is 1.80 bits per heavy atom. The summed E-state index contributed by atoms with van der Waals surface area (Å²) in [6.07, 6.45) is -0.668. The minimum absolute atomic E-state index is 0.545. The molecule has 0 saturated carbocycles. The van der Waals surface area contributed by atoms with E-state index < -0.39 is 6.10 Å². The number of fused-ring (bicyclic) bond motifs is 1. The molecule has 0 aromatic heterocycles. The third kappa shape index (κ3) is 2.53. The fourth-order valence-corrected chi connectivity index (χ4v) is 2.83. The second kappa shape index (κ2) is 5.46. The number of ether oxygens (including phenoxy) is 2. The van der Waals surface area contributed by atoms with E-state index in [0.29, 0.717) is 19.0 Å². The van der Waals surface area contributed by atoms with Crippen LogP contribution in [-0.4, -0.2) is 18.3 Å². The van der Waals surface area contributed by atoms with Crippen molar-refractivity contribution in [3.63, 3.8) is 0 Å².